The number of nitrogens with zero attached hydrogens (tertiary/aromatic N) is 4. The molecule has 0 amide bonds. The average Bonchev–Trinajstić information content (AvgIpc) is 3.38. The molecule has 0 radical (unpaired) electrons. The molecule has 3 heterocycles. The number of aromatic nitrogens is 4. The van der Waals surface area contributed by atoms with Crippen LogP contribution in [0, 0.1) is 0 Å². The maximum Gasteiger partial charge on any atom is 0.237 e. The fraction of sp³-hybridized carbons (Fsp3) is 0.263. The second kappa shape index (κ2) is 8.15. The van der Waals surface area contributed by atoms with Crippen LogP contribution in [0.2, 0.25) is 0 Å². The SMILES string of the molecule is CCc1cc2c(SCc3nc(-c4ccc(OC)cc4OC)no3)ncnc2s1. The van der Waals surface area contributed by atoms with Gasteiger partial charge < -0.3 is 14.0 Å². The van der Waals surface area contributed by atoms with Gasteiger partial charge in [-0.25, -0.2) is 9.97 Å². The van der Waals surface area contributed by atoms with Gasteiger partial charge in [-0.1, -0.05) is 23.8 Å². The average molecular weight is 415 g/mol. The lowest BCUT2D eigenvalue weighted by Crippen LogP contribution is -1.92. The molecule has 4 rings (SSSR count). The zero-order chi connectivity index (χ0) is 19.5. The summed E-state index contributed by atoms with van der Waals surface area (Å²) in [6, 6.07) is 7.64. The minimum absolute atomic E-state index is 0.478. The van der Waals surface area contributed by atoms with Crippen molar-refractivity contribution in [2.24, 2.45) is 0 Å². The molecule has 9 heteroatoms. The van der Waals surface area contributed by atoms with Crippen LogP contribution in [0.3, 0.4) is 0 Å². The van der Waals surface area contributed by atoms with E-state index in [1.54, 1.807) is 49.7 Å². The first-order valence-corrected chi connectivity index (χ1v) is 10.4. The third-order valence-electron chi connectivity index (χ3n) is 4.14. The first kappa shape index (κ1) is 18.7. The van der Waals surface area contributed by atoms with Crippen LogP contribution in [0.15, 0.2) is 40.1 Å². The van der Waals surface area contributed by atoms with Crippen LogP contribution in [0.5, 0.6) is 11.5 Å². The highest BCUT2D eigenvalue weighted by molar-refractivity contribution is 7.98. The number of aryl methyl sites for hydroxylation is 1. The van der Waals surface area contributed by atoms with Gasteiger partial charge >= 0.3 is 0 Å². The van der Waals surface area contributed by atoms with Gasteiger partial charge in [0.1, 0.15) is 27.7 Å². The minimum atomic E-state index is 0.478. The van der Waals surface area contributed by atoms with Gasteiger partial charge in [-0.15, -0.1) is 11.3 Å². The minimum Gasteiger partial charge on any atom is -0.497 e. The molecule has 144 valence electrons. The van der Waals surface area contributed by atoms with Gasteiger partial charge in [0.15, 0.2) is 0 Å². The second-order valence-electron chi connectivity index (χ2n) is 5.83. The highest BCUT2D eigenvalue weighted by Gasteiger charge is 2.16. The number of benzene rings is 1. The van der Waals surface area contributed by atoms with Crippen LogP contribution in [-0.4, -0.2) is 34.3 Å². The summed E-state index contributed by atoms with van der Waals surface area (Å²) < 4.78 is 16.1. The summed E-state index contributed by atoms with van der Waals surface area (Å²) in [7, 11) is 3.21. The molecule has 28 heavy (non-hydrogen) atoms. The molecule has 0 spiro atoms. The van der Waals surface area contributed by atoms with E-state index in [-0.39, 0.29) is 0 Å². The van der Waals surface area contributed by atoms with E-state index >= 15 is 0 Å². The smallest absolute Gasteiger partial charge is 0.237 e. The zero-order valence-corrected chi connectivity index (χ0v) is 17.3. The van der Waals surface area contributed by atoms with Crippen molar-refractivity contribution in [1.29, 1.82) is 0 Å². The molecule has 0 aliphatic rings. The number of rotatable bonds is 7. The third-order valence-corrected chi connectivity index (χ3v) is 6.32. The third kappa shape index (κ3) is 3.67. The molecule has 0 fully saturated rings. The van der Waals surface area contributed by atoms with Crippen molar-refractivity contribution in [1.82, 2.24) is 20.1 Å². The first-order chi connectivity index (χ1) is 13.7. The Morgan fingerprint density at radius 3 is 2.82 bits per heavy atom. The molecule has 4 aromatic rings. The normalized spacial score (nSPS) is 11.1. The van der Waals surface area contributed by atoms with Gasteiger partial charge in [0, 0.05) is 16.3 Å². The predicted molar refractivity (Wildman–Crippen MR) is 109 cm³/mol. The quantitative estimate of drug-likeness (QED) is 0.320. The van der Waals surface area contributed by atoms with Crippen molar-refractivity contribution in [3.8, 4) is 22.9 Å². The number of fused-ring (bicyclic) bond motifs is 1. The summed E-state index contributed by atoms with van der Waals surface area (Å²) in [6.07, 6.45) is 2.59. The fourth-order valence-corrected chi connectivity index (χ4v) is 4.52. The lowest BCUT2D eigenvalue weighted by atomic mass is 10.2. The maximum atomic E-state index is 5.43. The highest BCUT2D eigenvalue weighted by atomic mass is 32.2. The largest absolute Gasteiger partial charge is 0.497 e. The molecule has 0 aliphatic heterocycles. The standard InChI is InChI=1S/C19H18N4O3S2/c1-4-12-8-14-18(20-10-21-19(14)28-12)27-9-16-22-17(23-26-16)13-6-5-11(24-2)7-15(13)25-3/h5-8,10H,4,9H2,1-3H3. The van der Waals surface area contributed by atoms with Gasteiger partial charge in [0.2, 0.25) is 11.7 Å². The first-order valence-electron chi connectivity index (χ1n) is 8.63. The molecular weight excluding hydrogens is 396 g/mol. The summed E-state index contributed by atoms with van der Waals surface area (Å²) in [5.74, 6) is 2.86. The van der Waals surface area contributed by atoms with Gasteiger partial charge in [0.25, 0.3) is 0 Å². The fourth-order valence-electron chi connectivity index (χ4n) is 2.71. The lowest BCUT2D eigenvalue weighted by molar-refractivity contribution is 0.388. The maximum absolute atomic E-state index is 5.43. The van der Waals surface area contributed by atoms with Gasteiger partial charge in [-0.05, 0) is 24.6 Å². The monoisotopic (exact) mass is 414 g/mol. The van der Waals surface area contributed by atoms with Crippen LogP contribution in [0.1, 0.15) is 17.7 Å². The highest BCUT2D eigenvalue weighted by Crippen LogP contribution is 2.34. The van der Waals surface area contributed by atoms with E-state index in [0.29, 0.717) is 29.0 Å². The molecule has 0 saturated carbocycles. The Morgan fingerprint density at radius 2 is 2.04 bits per heavy atom. The summed E-state index contributed by atoms with van der Waals surface area (Å²) in [6.45, 7) is 2.14. The van der Waals surface area contributed by atoms with Crippen LogP contribution >= 0.6 is 23.1 Å². The zero-order valence-electron chi connectivity index (χ0n) is 15.6. The molecule has 0 atom stereocenters. The van der Waals surface area contributed by atoms with Crippen molar-refractivity contribution >= 4 is 33.3 Å². The van der Waals surface area contributed by atoms with Crippen LogP contribution < -0.4 is 9.47 Å². The number of ether oxygens (including phenoxy) is 2. The van der Waals surface area contributed by atoms with E-state index in [9.17, 15) is 0 Å². The summed E-state index contributed by atoms with van der Waals surface area (Å²) in [4.78, 5) is 15.6. The second-order valence-corrected chi connectivity index (χ2v) is 7.91. The Hall–Kier alpha value is -2.65. The number of hydrogen-bond donors (Lipinski definition) is 0. The van der Waals surface area contributed by atoms with Crippen molar-refractivity contribution in [2.75, 3.05) is 14.2 Å². The van der Waals surface area contributed by atoms with Crippen LogP contribution in [-0.2, 0) is 12.2 Å². The molecule has 0 bridgehead atoms. The Bertz CT molecular complexity index is 1110. The van der Waals surface area contributed by atoms with E-state index in [0.717, 1.165) is 27.2 Å². The van der Waals surface area contributed by atoms with E-state index in [4.69, 9.17) is 14.0 Å². The molecule has 0 aliphatic carbocycles. The summed E-state index contributed by atoms with van der Waals surface area (Å²) >= 11 is 3.26. The predicted octanol–water partition coefficient (Wildman–Crippen LogP) is 4.61. The molecule has 0 unspecified atom stereocenters. The number of thiophene rings is 1. The Morgan fingerprint density at radius 1 is 1.14 bits per heavy atom. The molecule has 0 saturated heterocycles. The van der Waals surface area contributed by atoms with Crippen LogP contribution in [0.25, 0.3) is 21.6 Å². The molecule has 3 aromatic heterocycles. The number of hydrogen-bond acceptors (Lipinski definition) is 9. The van der Waals surface area contributed by atoms with Crippen molar-refractivity contribution in [3.63, 3.8) is 0 Å². The summed E-state index contributed by atoms with van der Waals surface area (Å²) in [5, 5.41) is 6.09. The van der Waals surface area contributed by atoms with Crippen LogP contribution in [0.4, 0.5) is 0 Å². The van der Waals surface area contributed by atoms with Gasteiger partial charge in [-0.2, -0.15) is 4.98 Å². The van der Waals surface area contributed by atoms with E-state index in [2.05, 4.69) is 33.1 Å². The number of thioether (sulfide) groups is 1. The van der Waals surface area contributed by atoms with E-state index < -0.39 is 0 Å². The van der Waals surface area contributed by atoms with Crippen molar-refractivity contribution in [3.05, 3.63) is 41.4 Å². The molecule has 1 aromatic carbocycles. The Labute approximate surface area is 170 Å². The molecule has 7 nitrogen and oxygen atoms in total. The molecular formula is C19H18N4O3S2. The summed E-state index contributed by atoms with van der Waals surface area (Å²) in [5.41, 5.74) is 0.748. The van der Waals surface area contributed by atoms with Gasteiger partial charge in [0.05, 0.1) is 25.5 Å². The number of methoxy groups -OCH3 is 2. The van der Waals surface area contributed by atoms with Crippen molar-refractivity contribution in [2.45, 2.75) is 24.1 Å². The topological polar surface area (TPSA) is 83.2 Å². The Balaban J connectivity index is 1.54. The van der Waals surface area contributed by atoms with E-state index in [1.807, 2.05) is 12.1 Å². The van der Waals surface area contributed by atoms with Crippen molar-refractivity contribution < 1.29 is 14.0 Å². The molecule has 0 N–H and O–H groups in total. The Kier molecular flexibility index (Phi) is 5.45. The van der Waals surface area contributed by atoms with Gasteiger partial charge in [-0.3, -0.25) is 0 Å². The van der Waals surface area contributed by atoms with E-state index in [1.165, 1.54) is 4.88 Å². The lowest BCUT2D eigenvalue weighted by Gasteiger charge is -2.07.